The minimum atomic E-state index is -2.68. The SMILES string of the molecule is COc1cc(Nc2ncc(Br)c(Nc3ccc(-c4cnc(C5CC5)cn4)cc3P(C)(C)=O)n2)c(C)cc1C1CNCCO1. The lowest BCUT2D eigenvalue weighted by Gasteiger charge is -2.26. The molecule has 43 heavy (non-hydrogen) atoms. The maximum atomic E-state index is 13.4. The summed E-state index contributed by atoms with van der Waals surface area (Å²) >= 11 is 3.57. The van der Waals surface area contributed by atoms with Crippen LogP contribution < -0.4 is 26.0 Å². The van der Waals surface area contributed by atoms with E-state index in [0.717, 1.165) is 52.6 Å². The summed E-state index contributed by atoms with van der Waals surface area (Å²) in [5, 5.41) is 10.8. The predicted molar refractivity (Wildman–Crippen MR) is 174 cm³/mol. The molecule has 1 aliphatic carbocycles. The lowest BCUT2D eigenvalue weighted by atomic mass is 10.0. The van der Waals surface area contributed by atoms with Crippen molar-refractivity contribution in [2.75, 3.05) is 50.8 Å². The van der Waals surface area contributed by atoms with Gasteiger partial charge in [0.2, 0.25) is 5.95 Å². The largest absolute Gasteiger partial charge is 0.496 e. The van der Waals surface area contributed by atoms with Crippen LogP contribution in [0.1, 0.15) is 41.7 Å². The van der Waals surface area contributed by atoms with E-state index in [2.05, 4.69) is 52.9 Å². The van der Waals surface area contributed by atoms with E-state index in [4.69, 9.17) is 14.5 Å². The van der Waals surface area contributed by atoms with E-state index in [9.17, 15) is 4.57 Å². The zero-order chi connectivity index (χ0) is 30.1. The van der Waals surface area contributed by atoms with E-state index >= 15 is 0 Å². The molecule has 1 aliphatic heterocycles. The van der Waals surface area contributed by atoms with Crippen LogP contribution in [0.5, 0.6) is 5.75 Å². The van der Waals surface area contributed by atoms with E-state index in [1.165, 1.54) is 12.8 Å². The monoisotopic (exact) mass is 663 g/mol. The van der Waals surface area contributed by atoms with Crippen LogP contribution >= 0.6 is 23.1 Å². The maximum absolute atomic E-state index is 13.4. The summed E-state index contributed by atoms with van der Waals surface area (Å²) in [6.07, 6.45) is 7.63. The molecule has 1 atom stereocenters. The van der Waals surface area contributed by atoms with Gasteiger partial charge in [-0.05, 0) is 72.8 Å². The first-order valence-electron chi connectivity index (χ1n) is 14.3. The van der Waals surface area contributed by atoms with Crippen molar-refractivity contribution in [3.63, 3.8) is 0 Å². The highest BCUT2D eigenvalue weighted by molar-refractivity contribution is 9.10. The standard InChI is InChI=1S/C31H35BrN7O3P/c1-18-11-21(28-17-33-9-10-42-28)27(41-2)13-24(18)38-31-36-14-22(32)30(39-31)37-23-8-7-20(12-29(23)43(3,4)40)26-16-34-25(15-35-26)19-5-6-19/h7-8,11-16,19,28,33H,5-6,9-10,17H2,1-4H3,(H2,36,37,38,39). The van der Waals surface area contributed by atoms with Gasteiger partial charge in [-0.15, -0.1) is 0 Å². The van der Waals surface area contributed by atoms with Crippen LogP contribution in [0.4, 0.5) is 23.1 Å². The highest BCUT2D eigenvalue weighted by Crippen LogP contribution is 2.41. The summed E-state index contributed by atoms with van der Waals surface area (Å²) in [5.74, 6) is 2.21. The Labute approximate surface area is 260 Å². The van der Waals surface area contributed by atoms with Gasteiger partial charge in [0.1, 0.15) is 18.7 Å². The fraction of sp³-hybridized carbons (Fsp3) is 0.355. The summed E-state index contributed by atoms with van der Waals surface area (Å²) in [6, 6.07) is 9.83. The number of halogens is 1. The third-order valence-corrected chi connectivity index (χ3v) is 9.75. The number of morpholine rings is 1. The number of aromatic nitrogens is 4. The van der Waals surface area contributed by atoms with Gasteiger partial charge in [-0.3, -0.25) is 9.97 Å². The molecule has 224 valence electrons. The van der Waals surface area contributed by atoms with E-state index < -0.39 is 7.14 Å². The van der Waals surface area contributed by atoms with Crippen molar-refractivity contribution in [2.45, 2.75) is 31.8 Å². The molecule has 1 saturated carbocycles. The molecule has 2 aromatic heterocycles. The van der Waals surface area contributed by atoms with Crippen LogP contribution in [-0.2, 0) is 9.30 Å². The fourth-order valence-electron chi connectivity index (χ4n) is 5.12. The first kappa shape index (κ1) is 29.7. The minimum Gasteiger partial charge on any atom is -0.496 e. The molecule has 6 rings (SSSR count). The first-order valence-corrected chi connectivity index (χ1v) is 17.7. The highest BCUT2D eigenvalue weighted by atomic mass is 79.9. The normalized spacial score (nSPS) is 17.0. The Morgan fingerprint density at radius 2 is 1.88 bits per heavy atom. The number of nitrogens with zero attached hydrogens (tertiary/aromatic N) is 4. The van der Waals surface area contributed by atoms with Gasteiger partial charge in [-0.25, -0.2) is 4.98 Å². The van der Waals surface area contributed by atoms with Crippen LogP contribution in [0.2, 0.25) is 0 Å². The quantitative estimate of drug-likeness (QED) is 0.176. The van der Waals surface area contributed by atoms with Crippen LogP contribution in [-0.4, -0.2) is 60.1 Å². The molecule has 2 fully saturated rings. The van der Waals surface area contributed by atoms with Gasteiger partial charge in [0.25, 0.3) is 0 Å². The molecule has 12 heteroatoms. The van der Waals surface area contributed by atoms with E-state index in [-0.39, 0.29) is 6.10 Å². The van der Waals surface area contributed by atoms with Crippen molar-refractivity contribution < 1.29 is 14.0 Å². The lowest BCUT2D eigenvalue weighted by molar-refractivity contribution is 0.0262. The number of rotatable bonds is 9. The van der Waals surface area contributed by atoms with Crippen molar-refractivity contribution in [3.8, 4) is 17.0 Å². The number of methoxy groups -OCH3 is 1. The molecule has 1 saturated heterocycles. The minimum absolute atomic E-state index is 0.0704. The summed E-state index contributed by atoms with van der Waals surface area (Å²) in [7, 11) is -1.03. The number of anilines is 4. The van der Waals surface area contributed by atoms with Gasteiger partial charge >= 0.3 is 0 Å². The molecule has 1 unspecified atom stereocenters. The Morgan fingerprint density at radius 3 is 2.56 bits per heavy atom. The van der Waals surface area contributed by atoms with Gasteiger partial charge in [-0.1, -0.05) is 6.07 Å². The molecule has 3 N–H and O–H groups in total. The third-order valence-electron chi connectivity index (χ3n) is 7.64. The molecule has 2 aliphatic rings. The maximum Gasteiger partial charge on any atom is 0.229 e. The highest BCUT2D eigenvalue weighted by Gasteiger charge is 2.26. The zero-order valence-corrected chi connectivity index (χ0v) is 27.1. The Hall–Kier alpha value is -3.37. The molecule has 0 radical (unpaired) electrons. The summed E-state index contributed by atoms with van der Waals surface area (Å²) < 4.78 is 25.8. The number of aryl methyl sites for hydroxylation is 1. The van der Waals surface area contributed by atoms with Crippen molar-refractivity contribution in [2.24, 2.45) is 0 Å². The molecule has 0 spiro atoms. The number of benzene rings is 2. The second kappa shape index (κ2) is 12.3. The van der Waals surface area contributed by atoms with E-state index in [0.29, 0.717) is 39.8 Å². The molecular weight excluding hydrogens is 629 g/mol. The van der Waals surface area contributed by atoms with Gasteiger partial charge in [0.15, 0.2) is 0 Å². The summed E-state index contributed by atoms with van der Waals surface area (Å²) in [6.45, 7) is 7.78. The average Bonchev–Trinajstić information content (AvgIpc) is 3.86. The molecule has 4 aromatic rings. The number of hydrogen-bond acceptors (Lipinski definition) is 10. The van der Waals surface area contributed by atoms with Crippen LogP contribution in [0.15, 0.2) is 53.4 Å². The van der Waals surface area contributed by atoms with Crippen LogP contribution in [0.25, 0.3) is 11.3 Å². The van der Waals surface area contributed by atoms with Crippen molar-refractivity contribution >= 4 is 51.5 Å². The third kappa shape index (κ3) is 6.75. The summed E-state index contributed by atoms with van der Waals surface area (Å²) in [4.78, 5) is 18.5. The van der Waals surface area contributed by atoms with Crippen molar-refractivity contribution in [1.82, 2.24) is 25.3 Å². The summed E-state index contributed by atoms with van der Waals surface area (Å²) in [5.41, 5.74) is 6.19. The molecule has 0 amide bonds. The number of ether oxygens (including phenoxy) is 2. The van der Waals surface area contributed by atoms with Gasteiger partial charge in [-0.2, -0.15) is 4.98 Å². The molecular formula is C31H35BrN7O3P. The molecule has 10 nitrogen and oxygen atoms in total. The second-order valence-electron chi connectivity index (χ2n) is 11.3. The Balaban J connectivity index is 1.26. The Bertz CT molecular complexity index is 1690. The smallest absolute Gasteiger partial charge is 0.229 e. The average molecular weight is 665 g/mol. The van der Waals surface area contributed by atoms with Gasteiger partial charge in [0.05, 0.1) is 47.6 Å². The Morgan fingerprint density at radius 1 is 1.05 bits per heavy atom. The second-order valence-corrected chi connectivity index (χ2v) is 15.3. The molecule has 2 aromatic carbocycles. The number of nitrogens with one attached hydrogen (secondary N) is 3. The van der Waals surface area contributed by atoms with E-state index in [1.807, 2.05) is 37.4 Å². The molecule has 3 heterocycles. The van der Waals surface area contributed by atoms with Crippen molar-refractivity contribution in [1.29, 1.82) is 0 Å². The lowest BCUT2D eigenvalue weighted by Crippen LogP contribution is -2.33. The van der Waals surface area contributed by atoms with Gasteiger partial charge < -0.3 is 30.0 Å². The first-order chi connectivity index (χ1) is 20.7. The van der Waals surface area contributed by atoms with Crippen molar-refractivity contribution in [3.05, 3.63) is 70.2 Å². The fourth-order valence-corrected chi connectivity index (χ4v) is 6.57. The van der Waals surface area contributed by atoms with E-state index in [1.54, 1.807) is 32.8 Å². The van der Waals surface area contributed by atoms with Crippen LogP contribution in [0.3, 0.4) is 0 Å². The molecule has 0 bridgehead atoms. The topological polar surface area (TPSA) is 123 Å². The Kier molecular flexibility index (Phi) is 8.51. The number of hydrogen-bond donors (Lipinski definition) is 3. The van der Waals surface area contributed by atoms with Crippen LogP contribution in [0, 0.1) is 6.92 Å². The predicted octanol–water partition coefficient (Wildman–Crippen LogP) is 6.29. The van der Waals surface area contributed by atoms with Gasteiger partial charge in [0, 0.05) is 59.6 Å². The zero-order valence-electron chi connectivity index (χ0n) is 24.6.